The molecule has 28 heavy (non-hydrogen) atoms. The number of amides is 1. The third-order valence-corrected chi connectivity index (χ3v) is 4.62. The van der Waals surface area contributed by atoms with Crippen molar-refractivity contribution in [3.63, 3.8) is 0 Å². The number of carbonyl (C=O) groups excluding carboxylic acids is 1. The summed E-state index contributed by atoms with van der Waals surface area (Å²) >= 11 is 0. The highest BCUT2D eigenvalue weighted by Gasteiger charge is 2.27. The SMILES string of the molecule is CC(Oc1cccc2oc(=O)c3c(c12)CCC3)C(=O)NC(CC(=O)O)C(=O)O. The molecule has 3 rings (SSSR count). The van der Waals surface area contributed by atoms with Crippen molar-refractivity contribution < 1.29 is 33.8 Å². The highest BCUT2D eigenvalue weighted by atomic mass is 16.5. The number of nitrogens with one attached hydrogen (secondary N) is 1. The fraction of sp³-hybridized carbons (Fsp3) is 0.368. The van der Waals surface area contributed by atoms with Crippen LogP contribution < -0.4 is 15.7 Å². The van der Waals surface area contributed by atoms with Gasteiger partial charge in [0.2, 0.25) is 0 Å². The van der Waals surface area contributed by atoms with E-state index in [0.717, 1.165) is 12.0 Å². The molecule has 0 spiro atoms. The number of carboxylic acids is 2. The summed E-state index contributed by atoms with van der Waals surface area (Å²) in [6.07, 6.45) is 0.288. The van der Waals surface area contributed by atoms with E-state index in [-0.39, 0.29) is 5.63 Å². The van der Waals surface area contributed by atoms with E-state index in [9.17, 15) is 19.2 Å². The normalized spacial score (nSPS) is 14.9. The highest BCUT2D eigenvalue weighted by molar-refractivity contribution is 5.90. The van der Waals surface area contributed by atoms with Gasteiger partial charge in [0.15, 0.2) is 6.10 Å². The average Bonchev–Trinajstić information content (AvgIpc) is 3.11. The van der Waals surface area contributed by atoms with Crippen LogP contribution in [0.1, 0.15) is 30.9 Å². The van der Waals surface area contributed by atoms with Crippen LogP contribution in [0.15, 0.2) is 27.4 Å². The summed E-state index contributed by atoms with van der Waals surface area (Å²) in [7, 11) is 0. The number of hydrogen-bond donors (Lipinski definition) is 3. The van der Waals surface area contributed by atoms with Gasteiger partial charge < -0.3 is 24.7 Å². The largest absolute Gasteiger partial charge is 0.481 e. The Morgan fingerprint density at radius 3 is 2.61 bits per heavy atom. The van der Waals surface area contributed by atoms with Gasteiger partial charge in [0.25, 0.3) is 5.91 Å². The Balaban J connectivity index is 1.85. The van der Waals surface area contributed by atoms with Gasteiger partial charge in [-0.2, -0.15) is 0 Å². The molecule has 1 aliphatic rings. The van der Waals surface area contributed by atoms with Gasteiger partial charge in [0, 0.05) is 5.56 Å². The molecular formula is C19H19NO8. The minimum atomic E-state index is -1.56. The molecule has 2 unspecified atom stereocenters. The van der Waals surface area contributed by atoms with Gasteiger partial charge in [-0.05, 0) is 43.9 Å². The van der Waals surface area contributed by atoms with Crippen LogP contribution in [0.2, 0.25) is 0 Å². The van der Waals surface area contributed by atoms with Crippen molar-refractivity contribution in [2.24, 2.45) is 0 Å². The van der Waals surface area contributed by atoms with E-state index in [4.69, 9.17) is 19.4 Å². The second kappa shape index (κ2) is 7.71. The minimum absolute atomic E-state index is 0.340. The van der Waals surface area contributed by atoms with Crippen molar-refractivity contribution in [1.29, 1.82) is 0 Å². The van der Waals surface area contributed by atoms with E-state index in [2.05, 4.69) is 5.32 Å². The molecule has 1 aliphatic carbocycles. The fourth-order valence-corrected chi connectivity index (χ4v) is 3.31. The van der Waals surface area contributed by atoms with Crippen LogP contribution in [0.4, 0.5) is 0 Å². The minimum Gasteiger partial charge on any atom is -0.481 e. The van der Waals surface area contributed by atoms with E-state index in [1.807, 2.05) is 0 Å². The molecule has 1 heterocycles. The first-order valence-corrected chi connectivity index (χ1v) is 8.77. The first-order valence-electron chi connectivity index (χ1n) is 8.77. The lowest BCUT2D eigenvalue weighted by Crippen LogP contribution is -2.47. The molecule has 0 saturated heterocycles. The molecule has 9 nitrogen and oxygen atoms in total. The molecule has 1 aromatic heterocycles. The van der Waals surface area contributed by atoms with Crippen LogP contribution in [0, 0.1) is 0 Å². The molecule has 0 saturated carbocycles. The van der Waals surface area contributed by atoms with Crippen molar-refractivity contribution in [2.75, 3.05) is 0 Å². The number of fused-ring (bicyclic) bond motifs is 3. The highest BCUT2D eigenvalue weighted by Crippen LogP contribution is 2.34. The van der Waals surface area contributed by atoms with Gasteiger partial charge in [0.05, 0.1) is 11.8 Å². The summed E-state index contributed by atoms with van der Waals surface area (Å²) in [4.78, 5) is 46.2. The van der Waals surface area contributed by atoms with E-state index in [0.29, 0.717) is 35.1 Å². The molecule has 2 aromatic rings. The molecule has 148 valence electrons. The Kier molecular flexibility index (Phi) is 5.34. The lowest BCUT2D eigenvalue weighted by atomic mass is 10.1. The Morgan fingerprint density at radius 2 is 1.93 bits per heavy atom. The Morgan fingerprint density at radius 1 is 1.21 bits per heavy atom. The maximum atomic E-state index is 12.3. The predicted octanol–water partition coefficient (Wildman–Crippen LogP) is 1.09. The van der Waals surface area contributed by atoms with E-state index in [1.165, 1.54) is 6.92 Å². The number of aliphatic carboxylic acids is 2. The van der Waals surface area contributed by atoms with Gasteiger partial charge in [-0.15, -0.1) is 0 Å². The molecule has 1 aromatic carbocycles. The number of benzene rings is 1. The second-order valence-corrected chi connectivity index (χ2v) is 6.59. The summed E-state index contributed by atoms with van der Waals surface area (Å²) in [5.41, 5.74) is 1.42. The monoisotopic (exact) mass is 389 g/mol. The number of carbonyl (C=O) groups is 3. The third-order valence-electron chi connectivity index (χ3n) is 4.62. The summed E-state index contributed by atoms with van der Waals surface area (Å²) < 4.78 is 11.1. The molecule has 2 atom stereocenters. The van der Waals surface area contributed by atoms with Crippen molar-refractivity contribution in [2.45, 2.75) is 44.8 Å². The molecule has 0 aliphatic heterocycles. The molecule has 0 fully saturated rings. The Labute approximate surface area is 158 Å². The zero-order chi connectivity index (χ0) is 20.4. The van der Waals surface area contributed by atoms with E-state index in [1.54, 1.807) is 18.2 Å². The van der Waals surface area contributed by atoms with Crippen LogP contribution in [0.5, 0.6) is 5.75 Å². The number of hydrogen-bond acceptors (Lipinski definition) is 6. The van der Waals surface area contributed by atoms with Crippen LogP contribution in [0.25, 0.3) is 11.0 Å². The van der Waals surface area contributed by atoms with Gasteiger partial charge in [0.1, 0.15) is 17.4 Å². The van der Waals surface area contributed by atoms with Crippen molar-refractivity contribution >= 4 is 28.8 Å². The molecule has 0 bridgehead atoms. The first kappa shape index (κ1) is 19.4. The van der Waals surface area contributed by atoms with E-state index < -0.39 is 36.4 Å². The summed E-state index contributed by atoms with van der Waals surface area (Å²) in [5.74, 6) is -3.22. The van der Waals surface area contributed by atoms with Crippen molar-refractivity contribution in [3.05, 3.63) is 39.7 Å². The Bertz CT molecular complexity index is 1010. The van der Waals surface area contributed by atoms with Gasteiger partial charge in [-0.3, -0.25) is 9.59 Å². The van der Waals surface area contributed by atoms with Gasteiger partial charge in [-0.1, -0.05) is 6.07 Å². The standard InChI is InChI=1S/C19H19NO8/c1-9(17(23)20-12(18(24)25)8-15(21)22)27-13-6-3-7-14-16(13)10-4-2-5-11(10)19(26)28-14/h3,6-7,9,12H,2,4-5,8H2,1H3,(H,20,23)(H,21,22)(H,24,25). The fourth-order valence-electron chi connectivity index (χ4n) is 3.31. The van der Waals surface area contributed by atoms with Crippen LogP contribution in [0.3, 0.4) is 0 Å². The molecule has 0 radical (unpaired) electrons. The van der Waals surface area contributed by atoms with Gasteiger partial charge in [-0.25, -0.2) is 9.59 Å². The summed E-state index contributed by atoms with van der Waals surface area (Å²) in [6, 6.07) is 3.33. The first-order chi connectivity index (χ1) is 13.3. The second-order valence-electron chi connectivity index (χ2n) is 6.59. The maximum absolute atomic E-state index is 12.3. The number of rotatable bonds is 7. The molecular weight excluding hydrogens is 370 g/mol. The summed E-state index contributed by atoms with van der Waals surface area (Å²) in [6.45, 7) is 1.42. The summed E-state index contributed by atoms with van der Waals surface area (Å²) in [5, 5.41) is 20.6. The van der Waals surface area contributed by atoms with Crippen molar-refractivity contribution in [1.82, 2.24) is 5.32 Å². The van der Waals surface area contributed by atoms with Crippen LogP contribution >= 0.6 is 0 Å². The van der Waals surface area contributed by atoms with Crippen LogP contribution in [-0.2, 0) is 27.2 Å². The zero-order valence-corrected chi connectivity index (χ0v) is 15.1. The average molecular weight is 389 g/mol. The predicted molar refractivity (Wildman–Crippen MR) is 96.4 cm³/mol. The lowest BCUT2D eigenvalue weighted by molar-refractivity contribution is -0.147. The maximum Gasteiger partial charge on any atom is 0.339 e. The molecule has 1 amide bonds. The molecule has 3 N–H and O–H groups in total. The quantitative estimate of drug-likeness (QED) is 0.597. The smallest absolute Gasteiger partial charge is 0.339 e. The number of aryl methyl sites for hydroxylation is 1. The molecule has 9 heteroatoms. The van der Waals surface area contributed by atoms with E-state index >= 15 is 0 Å². The lowest BCUT2D eigenvalue weighted by Gasteiger charge is -2.19. The topological polar surface area (TPSA) is 143 Å². The van der Waals surface area contributed by atoms with Gasteiger partial charge >= 0.3 is 17.6 Å². The number of ether oxygens (including phenoxy) is 1. The zero-order valence-electron chi connectivity index (χ0n) is 15.1. The van der Waals surface area contributed by atoms with Crippen molar-refractivity contribution in [3.8, 4) is 5.75 Å². The Hall–Kier alpha value is -3.36. The van der Waals surface area contributed by atoms with Crippen LogP contribution in [-0.4, -0.2) is 40.2 Å². The third kappa shape index (κ3) is 3.83. The number of carboxylic acid groups (broad SMARTS) is 2.